The Morgan fingerprint density at radius 2 is 1.70 bits per heavy atom. The van der Waals surface area contributed by atoms with E-state index < -0.39 is 29.3 Å². The van der Waals surface area contributed by atoms with E-state index in [1.807, 2.05) is 0 Å². The quantitative estimate of drug-likeness (QED) is 0.683. The number of halogens is 3. The summed E-state index contributed by atoms with van der Waals surface area (Å²) in [7, 11) is 0. The summed E-state index contributed by atoms with van der Waals surface area (Å²) in [6.45, 7) is 5.69. The van der Waals surface area contributed by atoms with Crippen LogP contribution < -0.4 is 0 Å². The first-order chi connectivity index (χ1) is 10.4. The zero-order valence-electron chi connectivity index (χ0n) is 13.7. The van der Waals surface area contributed by atoms with Crippen LogP contribution in [-0.2, 0) is 9.53 Å². The summed E-state index contributed by atoms with van der Waals surface area (Å²) in [6.07, 6.45) is -3.29. The number of hydrogen-bond acceptors (Lipinski definition) is 3. The molecule has 0 aromatic rings. The Morgan fingerprint density at radius 3 is 2.26 bits per heavy atom. The van der Waals surface area contributed by atoms with Crippen molar-refractivity contribution in [3.63, 3.8) is 0 Å². The van der Waals surface area contributed by atoms with Crippen molar-refractivity contribution in [3.8, 4) is 0 Å². The van der Waals surface area contributed by atoms with E-state index in [2.05, 4.69) is 0 Å². The van der Waals surface area contributed by atoms with Gasteiger partial charge >= 0.3 is 18.2 Å². The van der Waals surface area contributed by atoms with E-state index in [1.54, 1.807) is 20.8 Å². The molecule has 0 aromatic carbocycles. The van der Waals surface area contributed by atoms with Crippen molar-refractivity contribution >= 4 is 12.0 Å². The number of carbonyl (C=O) groups is 2. The van der Waals surface area contributed by atoms with E-state index in [0.717, 1.165) is 11.3 Å². The van der Waals surface area contributed by atoms with Crippen molar-refractivity contribution in [3.05, 3.63) is 0 Å². The Morgan fingerprint density at radius 1 is 1.04 bits per heavy atom. The monoisotopic (exact) mass is 336 g/mol. The Labute approximate surface area is 133 Å². The van der Waals surface area contributed by atoms with Crippen LogP contribution in [0.3, 0.4) is 0 Å². The summed E-state index contributed by atoms with van der Waals surface area (Å²) in [5, 5.41) is 0. The molecule has 5 nitrogen and oxygen atoms in total. The summed E-state index contributed by atoms with van der Waals surface area (Å²) < 4.78 is 43.8. The minimum Gasteiger partial charge on any atom is -0.444 e. The molecule has 2 amide bonds. The van der Waals surface area contributed by atoms with Crippen molar-refractivity contribution in [2.75, 3.05) is 19.6 Å². The molecule has 2 saturated heterocycles. The van der Waals surface area contributed by atoms with E-state index in [9.17, 15) is 22.8 Å². The molecule has 2 heterocycles. The van der Waals surface area contributed by atoms with Gasteiger partial charge in [0.15, 0.2) is 0 Å². The number of nitrogens with zero attached hydrogens (tertiary/aromatic N) is 2. The summed E-state index contributed by atoms with van der Waals surface area (Å²) in [5.41, 5.74) is -1.58. The largest absolute Gasteiger partial charge is 0.471 e. The Kier molecular flexibility index (Phi) is 4.56. The molecule has 132 valence electrons. The minimum absolute atomic E-state index is 0.0838. The lowest BCUT2D eigenvalue weighted by Crippen LogP contribution is -2.59. The van der Waals surface area contributed by atoms with Gasteiger partial charge in [0.2, 0.25) is 0 Å². The lowest BCUT2D eigenvalue weighted by atomic mass is 9.85. The maximum Gasteiger partial charge on any atom is 0.471 e. The van der Waals surface area contributed by atoms with Crippen molar-refractivity contribution in [1.82, 2.24) is 9.80 Å². The molecule has 0 aliphatic carbocycles. The van der Waals surface area contributed by atoms with Crippen LogP contribution in [0.2, 0.25) is 0 Å². The molecule has 0 bridgehead atoms. The third kappa shape index (κ3) is 3.90. The number of carbonyl (C=O) groups excluding carboxylic acids is 2. The number of rotatable bonds is 0. The fourth-order valence-corrected chi connectivity index (χ4v) is 3.33. The van der Waals surface area contributed by atoms with E-state index in [0.29, 0.717) is 25.8 Å². The van der Waals surface area contributed by atoms with Gasteiger partial charge in [-0.05, 0) is 46.5 Å². The van der Waals surface area contributed by atoms with Crippen molar-refractivity contribution in [2.45, 2.75) is 63.8 Å². The molecule has 2 fully saturated rings. The molecule has 1 unspecified atom stereocenters. The lowest BCUT2D eigenvalue weighted by molar-refractivity contribution is -0.193. The highest BCUT2D eigenvalue weighted by Crippen LogP contribution is 2.39. The second-order valence-electron chi connectivity index (χ2n) is 7.29. The lowest BCUT2D eigenvalue weighted by Gasteiger charge is -2.44. The number of alkyl halides is 3. The van der Waals surface area contributed by atoms with Crippen LogP contribution in [0.1, 0.15) is 46.5 Å². The third-order valence-corrected chi connectivity index (χ3v) is 4.32. The summed E-state index contributed by atoms with van der Waals surface area (Å²) in [4.78, 5) is 26.2. The van der Waals surface area contributed by atoms with Crippen molar-refractivity contribution in [2.24, 2.45) is 0 Å². The molecule has 1 spiro atoms. The molecule has 2 rings (SSSR count). The van der Waals surface area contributed by atoms with Crippen LogP contribution >= 0.6 is 0 Å². The van der Waals surface area contributed by atoms with Gasteiger partial charge in [-0.25, -0.2) is 4.79 Å². The van der Waals surface area contributed by atoms with Gasteiger partial charge < -0.3 is 14.5 Å². The van der Waals surface area contributed by atoms with Crippen LogP contribution in [0.4, 0.5) is 18.0 Å². The summed E-state index contributed by atoms with van der Waals surface area (Å²) in [5.74, 6) is -1.80. The number of hydrogen-bond donors (Lipinski definition) is 0. The van der Waals surface area contributed by atoms with Gasteiger partial charge in [-0.1, -0.05) is 0 Å². The molecule has 2 aliphatic heterocycles. The standard InChI is InChI=1S/C15H23F3N2O3/c1-13(2,3)23-12(22)19-9-7-14(10-19)6-4-5-8-20(14)11(21)15(16,17)18/h4-10H2,1-3H3. The average molecular weight is 336 g/mol. The zero-order chi connectivity index (χ0) is 17.5. The number of likely N-dealkylation sites (tertiary alicyclic amines) is 2. The van der Waals surface area contributed by atoms with Crippen LogP contribution in [0.25, 0.3) is 0 Å². The van der Waals surface area contributed by atoms with Gasteiger partial charge in [0, 0.05) is 19.6 Å². The Bertz CT molecular complexity index is 487. The fraction of sp³-hybridized carbons (Fsp3) is 0.867. The predicted octanol–water partition coefficient (Wildman–Crippen LogP) is 2.94. The Balaban J connectivity index is 2.14. The maximum atomic E-state index is 12.9. The third-order valence-electron chi connectivity index (χ3n) is 4.32. The second kappa shape index (κ2) is 5.87. The molecule has 0 radical (unpaired) electrons. The predicted molar refractivity (Wildman–Crippen MR) is 76.8 cm³/mol. The number of ether oxygens (including phenoxy) is 1. The van der Waals surface area contributed by atoms with Gasteiger partial charge in [-0.3, -0.25) is 4.79 Å². The normalized spacial score (nSPS) is 25.8. The number of piperidine rings is 1. The van der Waals surface area contributed by atoms with Crippen LogP contribution in [0.15, 0.2) is 0 Å². The molecule has 1 atom stereocenters. The second-order valence-corrected chi connectivity index (χ2v) is 7.29. The van der Waals surface area contributed by atoms with E-state index in [-0.39, 0.29) is 13.1 Å². The summed E-state index contributed by atoms with van der Waals surface area (Å²) >= 11 is 0. The molecular weight excluding hydrogens is 313 g/mol. The first-order valence-electron chi connectivity index (χ1n) is 7.81. The van der Waals surface area contributed by atoms with Crippen molar-refractivity contribution < 1.29 is 27.5 Å². The van der Waals surface area contributed by atoms with E-state index in [1.165, 1.54) is 4.90 Å². The molecular formula is C15H23F3N2O3. The SMILES string of the molecule is CC(C)(C)OC(=O)N1CCC2(CCCCN2C(=O)C(F)(F)F)C1. The maximum absolute atomic E-state index is 12.9. The Hall–Kier alpha value is -1.47. The van der Waals surface area contributed by atoms with Crippen molar-refractivity contribution in [1.29, 1.82) is 0 Å². The average Bonchev–Trinajstić information content (AvgIpc) is 2.80. The smallest absolute Gasteiger partial charge is 0.444 e. The highest BCUT2D eigenvalue weighted by Gasteiger charge is 2.54. The minimum atomic E-state index is -4.89. The van der Waals surface area contributed by atoms with Gasteiger partial charge in [0.05, 0.1) is 5.54 Å². The summed E-state index contributed by atoms with van der Waals surface area (Å²) in [6, 6.07) is 0. The van der Waals surface area contributed by atoms with Crippen LogP contribution in [0, 0.1) is 0 Å². The van der Waals surface area contributed by atoms with Crippen LogP contribution in [0.5, 0.6) is 0 Å². The molecule has 0 aromatic heterocycles. The zero-order valence-corrected chi connectivity index (χ0v) is 13.7. The van der Waals surface area contributed by atoms with Gasteiger partial charge in [0.25, 0.3) is 0 Å². The topological polar surface area (TPSA) is 49.9 Å². The van der Waals surface area contributed by atoms with Gasteiger partial charge in [-0.2, -0.15) is 13.2 Å². The first-order valence-corrected chi connectivity index (χ1v) is 7.81. The molecule has 0 saturated carbocycles. The fourth-order valence-electron chi connectivity index (χ4n) is 3.33. The highest BCUT2D eigenvalue weighted by molar-refractivity contribution is 5.83. The van der Waals surface area contributed by atoms with Gasteiger partial charge in [0.1, 0.15) is 5.60 Å². The van der Waals surface area contributed by atoms with E-state index in [4.69, 9.17) is 4.74 Å². The number of amides is 2. The molecule has 8 heteroatoms. The van der Waals surface area contributed by atoms with Gasteiger partial charge in [-0.15, -0.1) is 0 Å². The molecule has 0 N–H and O–H groups in total. The van der Waals surface area contributed by atoms with Crippen LogP contribution in [-0.4, -0.2) is 58.8 Å². The molecule has 2 aliphatic rings. The van der Waals surface area contributed by atoms with E-state index >= 15 is 0 Å². The first kappa shape index (κ1) is 17.9. The highest BCUT2D eigenvalue weighted by atomic mass is 19.4. The molecule has 23 heavy (non-hydrogen) atoms.